The maximum atomic E-state index is 13.1. The summed E-state index contributed by atoms with van der Waals surface area (Å²) in [5, 5.41) is 28.6. The smallest absolute Gasteiger partial charge is 0.326 e. The third-order valence-electron chi connectivity index (χ3n) is 6.71. The lowest BCUT2D eigenvalue weighted by atomic mass is 10.0. The number of aliphatic hydroxyl groups excluding tert-OH is 1. The van der Waals surface area contributed by atoms with E-state index >= 15 is 0 Å². The van der Waals surface area contributed by atoms with Crippen LogP contribution in [0.3, 0.4) is 0 Å². The highest BCUT2D eigenvalue weighted by Crippen LogP contribution is 2.20. The molecule has 2 aromatic heterocycles. The van der Waals surface area contributed by atoms with Gasteiger partial charge in [-0.25, -0.2) is 4.79 Å². The summed E-state index contributed by atoms with van der Waals surface area (Å²) in [4.78, 5) is 56.4. The van der Waals surface area contributed by atoms with E-state index < -0.39 is 54.5 Å². The van der Waals surface area contributed by atoms with Crippen LogP contribution in [0, 0.1) is 0 Å². The summed E-state index contributed by atoms with van der Waals surface area (Å²) in [7, 11) is 0. The Morgan fingerprint density at radius 2 is 1.35 bits per heavy atom. The maximum Gasteiger partial charge on any atom is 0.326 e. The molecule has 12 nitrogen and oxygen atoms in total. The predicted octanol–water partition coefficient (Wildman–Crippen LogP) is 0.313. The second-order valence-electron chi connectivity index (χ2n) is 9.63. The van der Waals surface area contributed by atoms with Gasteiger partial charge < -0.3 is 41.9 Å². The summed E-state index contributed by atoms with van der Waals surface area (Å²) in [5.74, 6) is -3.33. The van der Waals surface area contributed by atoms with Crippen LogP contribution in [0.2, 0.25) is 0 Å². The van der Waals surface area contributed by atoms with Gasteiger partial charge in [0.1, 0.15) is 18.1 Å². The van der Waals surface area contributed by atoms with Gasteiger partial charge in [0.15, 0.2) is 0 Å². The number of carbonyl (C=O) groups is 4. The quantitative estimate of drug-likeness (QED) is 0.124. The summed E-state index contributed by atoms with van der Waals surface area (Å²) >= 11 is 0. The number of aromatic amines is 2. The molecule has 0 spiro atoms. The van der Waals surface area contributed by atoms with E-state index in [1.54, 1.807) is 12.4 Å². The van der Waals surface area contributed by atoms with Gasteiger partial charge in [0.05, 0.1) is 12.6 Å². The monoisotopic (exact) mass is 548 g/mol. The second-order valence-corrected chi connectivity index (χ2v) is 9.63. The number of carboxylic acid groups (broad SMARTS) is 1. The third-order valence-corrected chi connectivity index (χ3v) is 6.71. The first-order valence-corrected chi connectivity index (χ1v) is 12.8. The average Bonchev–Trinajstić information content (AvgIpc) is 3.54. The molecule has 0 radical (unpaired) electrons. The van der Waals surface area contributed by atoms with E-state index in [-0.39, 0.29) is 12.8 Å². The molecule has 4 rings (SSSR count). The molecular formula is C28H32N6O6. The highest BCUT2D eigenvalue weighted by molar-refractivity contribution is 5.94. The van der Waals surface area contributed by atoms with Crippen LogP contribution in [0.4, 0.5) is 0 Å². The molecular weight excluding hydrogens is 516 g/mol. The molecule has 0 saturated heterocycles. The number of para-hydroxylation sites is 2. The first-order valence-electron chi connectivity index (χ1n) is 12.8. The van der Waals surface area contributed by atoms with Crippen molar-refractivity contribution in [2.75, 3.05) is 6.54 Å². The number of carboxylic acids is 1. The lowest BCUT2D eigenvalue weighted by Crippen LogP contribution is -2.56. The van der Waals surface area contributed by atoms with Crippen molar-refractivity contribution in [2.45, 2.75) is 44.0 Å². The zero-order valence-electron chi connectivity index (χ0n) is 21.8. The number of nitrogens with two attached hydrogens (primary N) is 1. The summed E-state index contributed by atoms with van der Waals surface area (Å²) in [6.45, 7) is 0.845. The number of benzene rings is 2. The minimum atomic E-state index is -1.26. The van der Waals surface area contributed by atoms with Crippen molar-refractivity contribution in [2.24, 2.45) is 5.73 Å². The minimum absolute atomic E-state index is 0.0372. The molecule has 12 heteroatoms. The van der Waals surface area contributed by atoms with Crippen LogP contribution < -0.4 is 21.7 Å². The van der Waals surface area contributed by atoms with E-state index in [1.165, 1.54) is 6.92 Å². The minimum Gasteiger partial charge on any atom is -0.480 e. The number of aromatic nitrogens is 2. The molecule has 40 heavy (non-hydrogen) atoms. The van der Waals surface area contributed by atoms with Crippen molar-refractivity contribution in [3.8, 4) is 0 Å². The van der Waals surface area contributed by atoms with Gasteiger partial charge in [0.25, 0.3) is 0 Å². The number of amides is 3. The van der Waals surface area contributed by atoms with E-state index in [9.17, 15) is 29.4 Å². The van der Waals surface area contributed by atoms with E-state index in [4.69, 9.17) is 5.73 Å². The van der Waals surface area contributed by atoms with E-state index in [2.05, 4.69) is 25.9 Å². The molecule has 0 saturated carbocycles. The first kappa shape index (κ1) is 28.3. The Hall–Kier alpha value is -4.68. The zero-order chi connectivity index (χ0) is 28.8. The van der Waals surface area contributed by atoms with Crippen LogP contribution in [0.1, 0.15) is 18.1 Å². The normalized spacial score (nSPS) is 14.3. The number of aliphatic carboxylic acids is 1. The first-order chi connectivity index (χ1) is 19.1. The molecule has 2 aromatic carbocycles. The topological polar surface area (TPSA) is 202 Å². The Kier molecular flexibility index (Phi) is 8.82. The largest absolute Gasteiger partial charge is 0.480 e. The van der Waals surface area contributed by atoms with Crippen LogP contribution in [0.5, 0.6) is 0 Å². The summed E-state index contributed by atoms with van der Waals surface area (Å²) in [5.41, 5.74) is 8.91. The molecule has 0 bridgehead atoms. The summed E-state index contributed by atoms with van der Waals surface area (Å²) in [6.07, 6.45) is 2.39. The maximum absolute atomic E-state index is 13.1. The highest BCUT2D eigenvalue weighted by atomic mass is 16.4. The summed E-state index contributed by atoms with van der Waals surface area (Å²) < 4.78 is 0. The number of aliphatic hydroxyl groups is 1. The Morgan fingerprint density at radius 3 is 1.88 bits per heavy atom. The Balaban J connectivity index is 1.42. The van der Waals surface area contributed by atoms with Crippen LogP contribution in [0.15, 0.2) is 60.9 Å². The van der Waals surface area contributed by atoms with Gasteiger partial charge >= 0.3 is 5.97 Å². The lowest BCUT2D eigenvalue weighted by Gasteiger charge is -2.22. The molecule has 4 aromatic rings. The number of H-pyrrole nitrogens is 2. The van der Waals surface area contributed by atoms with Crippen molar-refractivity contribution in [3.05, 3.63) is 72.1 Å². The molecule has 4 unspecified atom stereocenters. The molecule has 0 aliphatic heterocycles. The predicted molar refractivity (Wildman–Crippen MR) is 148 cm³/mol. The van der Waals surface area contributed by atoms with Crippen molar-refractivity contribution in [1.29, 1.82) is 0 Å². The van der Waals surface area contributed by atoms with E-state index in [0.29, 0.717) is 0 Å². The molecule has 210 valence electrons. The molecule has 4 atom stereocenters. The van der Waals surface area contributed by atoms with E-state index in [1.807, 2.05) is 48.5 Å². The highest BCUT2D eigenvalue weighted by Gasteiger charge is 2.28. The average molecular weight is 549 g/mol. The number of hydrogen-bond donors (Lipinski definition) is 8. The fraction of sp³-hybridized carbons (Fsp3) is 0.286. The van der Waals surface area contributed by atoms with Crippen LogP contribution in [-0.2, 0) is 32.0 Å². The number of fused-ring (bicyclic) bond motifs is 2. The molecule has 0 aliphatic carbocycles. The fourth-order valence-electron chi connectivity index (χ4n) is 4.47. The molecule has 0 aliphatic rings. The van der Waals surface area contributed by atoms with Crippen molar-refractivity contribution in [3.63, 3.8) is 0 Å². The van der Waals surface area contributed by atoms with Crippen molar-refractivity contribution >= 4 is 45.5 Å². The van der Waals surface area contributed by atoms with Crippen molar-refractivity contribution < 1.29 is 29.4 Å². The zero-order valence-corrected chi connectivity index (χ0v) is 21.8. The number of nitrogens with one attached hydrogen (secondary N) is 5. The third kappa shape index (κ3) is 6.65. The number of rotatable bonds is 12. The Morgan fingerprint density at radius 1 is 0.825 bits per heavy atom. The number of carbonyl (C=O) groups excluding carboxylic acids is 3. The Bertz CT molecular complexity index is 1530. The van der Waals surface area contributed by atoms with Crippen molar-refractivity contribution in [1.82, 2.24) is 25.9 Å². The Labute approximate surface area is 229 Å². The molecule has 3 amide bonds. The molecule has 2 heterocycles. The van der Waals surface area contributed by atoms with Crippen LogP contribution in [0.25, 0.3) is 21.8 Å². The van der Waals surface area contributed by atoms with Gasteiger partial charge in [0, 0.05) is 47.0 Å². The number of hydrogen-bond acceptors (Lipinski definition) is 6. The van der Waals surface area contributed by atoms with Gasteiger partial charge in [-0.2, -0.15) is 0 Å². The second kappa shape index (κ2) is 12.5. The standard InChI is InChI=1S/C28H32N6O6/c1-15(35)25(29)27(38)34-22(10-16-12-30-20-8-4-2-6-18(16)20)26(37)32-14-24(36)33-23(28(39)40)11-17-13-31-21-9-5-3-7-19(17)21/h2-9,12-13,15,22-23,25,30-31,35H,10-11,14,29H2,1H3,(H,32,37)(H,33,36)(H,34,38)(H,39,40). The van der Waals surface area contributed by atoms with E-state index in [0.717, 1.165) is 32.9 Å². The fourth-order valence-corrected chi connectivity index (χ4v) is 4.47. The van der Waals surface area contributed by atoms with Gasteiger partial charge in [-0.15, -0.1) is 0 Å². The van der Waals surface area contributed by atoms with Crippen LogP contribution >= 0.6 is 0 Å². The SMILES string of the molecule is CC(O)C(N)C(=O)NC(Cc1c[nH]c2ccccc12)C(=O)NCC(=O)NC(Cc1c[nH]c2ccccc12)C(=O)O. The van der Waals surface area contributed by atoms with Gasteiger partial charge in [0.2, 0.25) is 17.7 Å². The molecule has 9 N–H and O–H groups in total. The lowest BCUT2D eigenvalue weighted by molar-refractivity contribution is -0.141. The van der Waals surface area contributed by atoms with Crippen LogP contribution in [-0.4, -0.2) is 74.6 Å². The van der Waals surface area contributed by atoms with Gasteiger partial charge in [-0.3, -0.25) is 14.4 Å². The summed E-state index contributed by atoms with van der Waals surface area (Å²) in [6, 6.07) is 11.2. The molecule has 0 fully saturated rings. The van der Waals surface area contributed by atoms with Gasteiger partial charge in [-0.1, -0.05) is 36.4 Å². The van der Waals surface area contributed by atoms with Gasteiger partial charge in [-0.05, 0) is 30.2 Å².